The minimum atomic E-state index is -0.926. The van der Waals surface area contributed by atoms with E-state index in [9.17, 15) is 14.7 Å². The zero-order valence-corrected chi connectivity index (χ0v) is 18.8. The lowest BCUT2D eigenvalue weighted by atomic mass is 10.0. The van der Waals surface area contributed by atoms with Crippen molar-refractivity contribution in [3.8, 4) is 5.75 Å². The molecule has 33 heavy (non-hydrogen) atoms. The highest BCUT2D eigenvalue weighted by molar-refractivity contribution is 5.79. The molecule has 0 fully saturated rings. The van der Waals surface area contributed by atoms with Gasteiger partial charge in [-0.05, 0) is 59.4 Å². The van der Waals surface area contributed by atoms with E-state index in [2.05, 4.69) is 24.4 Å². The predicted octanol–water partition coefficient (Wildman–Crippen LogP) is 4.62. The Balaban J connectivity index is 1.58. The van der Waals surface area contributed by atoms with Crippen molar-refractivity contribution in [1.82, 2.24) is 5.32 Å². The molecule has 0 spiro atoms. The Kier molecular flexibility index (Phi) is 8.83. The number of benzene rings is 3. The number of nitrogens with one attached hydrogen (secondary N) is 1. The smallest absolute Gasteiger partial charge is 0.307 e. The number of hydrogen-bond donors (Lipinski definition) is 2. The van der Waals surface area contributed by atoms with Crippen LogP contribution in [0.3, 0.4) is 0 Å². The molecule has 3 aromatic rings. The minimum absolute atomic E-state index is 0.106. The summed E-state index contributed by atoms with van der Waals surface area (Å²) < 4.78 is 5.81. The van der Waals surface area contributed by atoms with Crippen LogP contribution in [0.1, 0.15) is 27.8 Å². The largest absolute Gasteiger partial charge is 0.490 e. The molecule has 5 nitrogen and oxygen atoms in total. The fourth-order valence-electron chi connectivity index (χ4n) is 3.56. The van der Waals surface area contributed by atoms with Crippen molar-refractivity contribution < 1.29 is 19.4 Å². The summed E-state index contributed by atoms with van der Waals surface area (Å²) in [6, 6.07) is 23.3. The Morgan fingerprint density at radius 3 is 2.36 bits per heavy atom. The van der Waals surface area contributed by atoms with Gasteiger partial charge in [-0.3, -0.25) is 9.59 Å². The second-order valence-electron chi connectivity index (χ2n) is 7.88. The van der Waals surface area contributed by atoms with E-state index in [0.29, 0.717) is 24.5 Å². The first-order valence-electron chi connectivity index (χ1n) is 11.0. The van der Waals surface area contributed by atoms with Gasteiger partial charge < -0.3 is 15.2 Å². The molecule has 0 aliphatic carbocycles. The summed E-state index contributed by atoms with van der Waals surface area (Å²) in [5, 5.41) is 12.1. The van der Waals surface area contributed by atoms with Gasteiger partial charge in [0.15, 0.2) is 0 Å². The number of rotatable bonds is 11. The molecule has 2 N–H and O–H groups in total. The fourth-order valence-corrected chi connectivity index (χ4v) is 3.56. The van der Waals surface area contributed by atoms with Crippen LogP contribution in [0.2, 0.25) is 0 Å². The highest BCUT2D eigenvalue weighted by Gasteiger charge is 2.10. The van der Waals surface area contributed by atoms with Crippen LogP contribution in [-0.2, 0) is 28.9 Å². The number of aliphatic carboxylic acids is 1. The summed E-state index contributed by atoms with van der Waals surface area (Å²) in [6.07, 6.45) is 4.66. The maximum atomic E-state index is 12.5. The first-order valence-corrected chi connectivity index (χ1v) is 11.0. The third-order valence-corrected chi connectivity index (χ3v) is 5.18. The number of carboxylic acid groups (broad SMARTS) is 1. The van der Waals surface area contributed by atoms with Crippen LogP contribution in [-0.4, -0.2) is 30.1 Å². The summed E-state index contributed by atoms with van der Waals surface area (Å²) in [5.41, 5.74) is 4.82. The monoisotopic (exact) mass is 443 g/mol. The molecule has 0 aromatic heterocycles. The zero-order valence-electron chi connectivity index (χ0n) is 18.8. The highest BCUT2D eigenvalue weighted by Crippen LogP contribution is 2.19. The van der Waals surface area contributed by atoms with E-state index in [1.54, 1.807) is 18.2 Å². The Hall–Kier alpha value is -3.86. The maximum absolute atomic E-state index is 12.5. The number of hydrogen-bond acceptors (Lipinski definition) is 3. The van der Waals surface area contributed by atoms with Gasteiger partial charge >= 0.3 is 5.97 Å². The van der Waals surface area contributed by atoms with Gasteiger partial charge in [0.25, 0.3) is 0 Å². The van der Waals surface area contributed by atoms with Crippen molar-refractivity contribution in [3.05, 3.63) is 107 Å². The van der Waals surface area contributed by atoms with Crippen molar-refractivity contribution in [2.75, 3.05) is 13.2 Å². The number of carbonyl (C=O) groups is 2. The fraction of sp³-hybridized carbons (Fsp3) is 0.214. The van der Waals surface area contributed by atoms with Gasteiger partial charge in [-0.2, -0.15) is 0 Å². The Morgan fingerprint density at radius 1 is 0.939 bits per heavy atom. The van der Waals surface area contributed by atoms with Gasteiger partial charge in [0, 0.05) is 6.54 Å². The number of aryl methyl sites for hydroxylation is 1. The summed E-state index contributed by atoms with van der Waals surface area (Å²) in [5.74, 6) is -0.482. The third kappa shape index (κ3) is 8.30. The van der Waals surface area contributed by atoms with Crippen molar-refractivity contribution in [3.63, 3.8) is 0 Å². The summed E-state index contributed by atoms with van der Waals surface area (Å²) in [4.78, 5) is 23.7. The molecule has 0 saturated heterocycles. The number of carbonyl (C=O) groups excluding carboxylic acids is 1. The van der Waals surface area contributed by atoms with Crippen LogP contribution in [0.5, 0.6) is 5.75 Å². The lowest BCUT2D eigenvalue weighted by molar-refractivity contribution is -0.136. The molecule has 0 aliphatic rings. The van der Waals surface area contributed by atoms with E-state index < -0.39 is 5.97 Å². The molecule has 0 atom stereocenters. The number of amides is 1. The molecule has 3 rings (SSSR count). The van der Waals surface area contributed by atoms with Gasteiger partial charge in [-0.1, -0.05) is 66.7 Å². The minimum Gasteiger partial charge on any atom is -0.490 e. The SMILES string of the molecule is Cc1ccccc1CCNC(=O)Cc1cc(CC(=O)O)cc(OC/C=C/c2ccccc2)c1. The maximum Gasteiger partial charge on any atom is 0.307 e. The molecule has 170 valence electrons. The normalized spacial score (nSPS) is 10.8. The molecular formula is C28H29NO4. The van der Waals surface area contributed by atoms with E-state index in [1.165, 1.54) is 11.1 Å². The molecule has 0 heterocycles. The van der Waals surface area contributed by atoms with Crippen molar-refractivity contribution in [2.45, 2.75) is 26.2 Å². The van der Waals surface area contributed by atoms with Crippen molar-refractivity contribution >= 4 is 18.0 Å². The number of ether oxygens (including phenoxy) is 1. The number of carboxylic acids is 1. The summed E-state index contributed by atoms with van der Waals surface area (Å²) >= 11 is 0. The summed E-state index contributed by atoms with van der Waals surface area (Å²) in [7, 11) is 0. The average Bonchev–Trinajstić information content (AvgIpc) is 2.78. The second-order valence-corrected chi connectivity index (χ2v) is 7.88. The van der Waals surface area contributed by atoms with Crippen LogP contribution in [0.25, 0.3) is 6.08 Å². The Morgan fingerprint density at radius 2 is 1.64 bits per heavy atom. The standard InChI is InChI=1S/C28H29NO4/c1-21-8-5-6-12-25(21)13-14-29-27(30)19-23-16-24(20-28(31)32)18-26(17-23)33-15-7-11-22-9-3-2-4-10-22/h2-12,16-18H,13-15,19-20H2,1H3,(H,29,30)(H,31,32)/b11-7+. The Labute approximate surface area is 194 Å². The van der Waals surface area contributed by atoms with Gasteiger partial charge in [0.1, 0.15) is 12.4 Å². The van der Waals surface area contributed by atoms with Crippen molar-refractivity contribution in [2.24, 2.45) is 0 Å². The topological polar surface area (TPSA) is 75.6 Å². The second kappa shape index (κ2) is 12.2. The zero-order chi connectivity index (χ0) is 23.5. The third-order valence-electron chi connectivity index (χ3n) is 5.18. The van der Waals surface area contributed by atoms with E-state index in [-0.39, 0.29) is 18.7 Å². The van der Waals surface area contributed by atoms with Crippen LogP contribution >= 0.6 is 0 Å². The van der Waals surface area contributed by atoms with Crippen LogP contribution < -0.4 is 10.1 Å². The predicted molar refractivity (Wildman–Crippen MR) is 130 cm³/mol. The van der Waals surface area contributed by atoms with Crippen LogP contribution in [0.15, 0.2) is 78.9 Å². The lowest BCUT2D eigenvalue weighted by Gasteiger charge is -2.11. The average molecular weight is 444 g/mol. The summed E-state index contributed by atoms with van der Waals surface area (Å²) in [6.45, 7) is 2.95. The molecule has 3 aromatic carbocycles. The molecule has 5 heteroatoms. The quantitative estimate of drug-likeness (QED) is 0.454. The molecular weight excluding hydrogens is 414 g/mol. The highest BCUT2D eigenvalue weighted by atomic mass is 16.5. The lowest BCUT2D eigenvalue weighted by Crippen LogP contribution is -2.27. The molecule has 0 aliphatic heterocycles. The van der Waals surface area contributed by atoms with Gasteiger partial charge in [-0.25, -0.2) is 0 Å². The molecule has 0 unspecified atom stereocenters. The van der Waals surface area contributed by atoms with E-state index in [1.807, 2.05) is 54.6 Å². The molecule has 1 amide bonds. The molecule has 0 bridgehead atoms. The first kappa shape index (κ1) is 23.8. The van der Waals surface area contributed by atoms with Gasteiger partial charge in [-0.15, -0.1) is 0 Å². The first-order chi connectivity index (χ1) is 16.0. The van der Waals surface area contributed by atoms with E-state index >= 15 is 0 Å². The van der Waals surface area contributed by atoms with E-state index in [4.69, 9.17) is 4.74 Å². The van der Waals surface area contributed by atoms with Gasteiger partial charge in [0.05, 0.1) is 12.8 Å². The van der Waals surface area contributed by atoms with Gasteiger partial charge in [0.2, 0.25) is 5.91 Å². The van der Waals surface area contributed by atoms with Crippen LogP contribution in [0.4, 0.5) is 0 Å². The van der Waals surface area contributed by atoms with Crippen LogP contribution in [0, 0.1) is 6.92 Å². The van der Waals surface area contributed by atoms with Crippen molar-refractivity contribution in [1.29, 1.82) is 0 Å². The van der Waals surface area contributed by atoms with E-state index in [0.717, 1.165) is 17.5 Å². The molecule has 0 radical (unpaired) electrons. The molecule has 0 saturated carbocycles. The Bertz CT molecular complexity index is 1110.